The van der Waals surface area contributed by atoms with Crippen LogP contribution in [-0.4, -0.2) is 81.1 Å². The highest BCUT2D eigenvalue weighted by molar-refractivity contribution is 8.26. The highest BCUT2D eigenvalue weighted by Crippen LogP contribution is 2.40. The predicted molar refractivity (Wildman–Crippen MR) is 120 cm³/mol. The zero-order valence-electron chi connectivity index (χ0n) is 17.7. The molecule has 2 rings (SSSR count). The first-order valence-electron chi connectivity index (χ1n) is 9.16. The second kappa shape index (κ2) is 11.2. The third-order valence-corrected chi connectivity index (χ3v) is 5.58. The van der Waals surface area contributed by atoms with E-state index in [-0.39, 0.29) is 24.8 Å². The van der Waals surface area contributed by atoms with Gasteiger partial charge in [-0.15, -0.1) is 0 Å². The van der Waals surface area contributed by atoms with Gasteiger partial charge in [-0.3, -0.25) is 14.5 Å². The smallest absolute Gasteiger partial charge is 0.307 e. The van der Waals surface area contributed by atoms with E-state index >= 15 is 0 Å². The monoisotopic (exact) mass is 454 g/mol. The van der Waals surface area contributed by atoms with Gasteiger partial charge in [-0.25, -0.2) is 0 Å². The number of carbonyl (C=O) groups excluding carboxylic acids is 2. The lowest BCUT2D eigenvalue weighted by atomic mass is 10.1. The predicted octanol–water partition coefficient (Wildman–Crippen LogP) is 2.41. The van der Waals surface area contributed by atoms with Crippen molar-refractivity contribution >= 4 is 46.3 Å². The van der Waals surface area contributed by atoms with Gasteiger partial charge >= 0.3 is 5.97 Å². The van der Waals surface area contributed by atoms with Gasteiger partial charge in [0.25, 0.3) is 5.91 Å². The van der Waals surface area contributed by atoms with E-state index in [0.29, 0.717) is 45.2 Å². The molecular formula is C20H26N2O6S2. The van der Waals surface area contributed by atoms with E-state index in [9.17, 15) is 9.59 Å². The lowest BCUT2D eigenvalue weighted by molar-refractivity contribution is -0.144. The first-order valence-corrected chi connectivity index (χ1v) is 10.4. The van der Waals surface area contributed by atoms with Crippen molar-refractivity contribution < 1.29 is 28.5 Å². The normalized spacial score (nSPS) is 15.1. The number of thiocarbonyl (C=S) groups is 1. The van der Waals surface area contributed by atoms with Crippen molar-refractivity contribution in [1.29, 1.82) is 0 Å². The molecule has 8 nitrogen and oxygen atoms in total. The van der Waals surface area contributed by atoms with Gasteiger partial charge in [-0.2, -0.15) is 0 Å². The molecule has 0 unspecified atom stereocenters. The fourth-order valence-corrected chi connectivity index (χ4v) is 3.95. The SMILES string of the molecule is COc1cc(/C=C2/SC(=S)N(CCC(=O)OCCN(C)C)C2=O)cc(OC)c1OC. The fraction of sp³-hybridized carbons (Fsp3) is 0.450. The summed E-state index contributed by atoms with van der Waals surface area (Å²) in [5.41, 5.74) is 0.702. The number of hydrogen-bond donors (Lipinski definition) is 0. The first-order chi connectivity index (χ1) is 14.3. The molecule has 0 spiro atoms. The van der Waals surface area contributed by atoms with Crippen molar-refractivity contribution in [1.82, 2.24) is 9.80 Å². The summed E-state index contributed by atoms with van der Waals surface area (Å²) < 4.78 is 21.6. The number of esters is 1. The average Bonchev–Trinajstić information content (AvgIpc) is 2.97. The fourth-order valence-electron chi connectivity index (χ4n) is 2.65. The van der Waals surface area contributed by atoms with Gasteiger partial charge in [0.2, 0.25) is 5.75 Å². The van der Waals surface area contributed by atoms with Gasteiger partial charge in [-0.05, 0) is 37.9 Å². The van der Waals surface area contributed by atoms with E-state index < -0.39 is 0 Å². The molecular weight excluding hydrogens is 428 g/mol. The Hall–Kier alpha value is -2.30. The molecule has 1 aromatic rings. The number of carbonyl (C=O) groups is 2. The number of benzene rings is 1. The summed E-state index contributed by atoms with van der Waals surface area (Å²) in [4.78, 5) is 28.4. The number of amides is 1. The largest absolute Gasteiger partial charge is 0.493 e. The molecule has 1 aliphatic heterocycles. The Morgan fingerprint density at radius 1 is 1.17 bits per heavy atom. The lowest BCUT2D eigenvalue weighted by Gasteiger charge is -2.14. The summed E-state index contributed by atoms with van der Waals surface area (Å²) in [6.45, 7) is 1.13. The first kappa shape index (κ1) is 24.0. The van der Waals surface area contributed by atoms with E-state index in [2.05, 4.69) is 0 Å². The highest BCUT2D eigenvalue weighted by atomic mass is 32.2. The van der Waals surface area contributed by atoms with Crippen LogP contribution in [-0.2, 0) is 14.3 Å². The molecule has 0 saturated carbocycles. The second-order valence-electron chi connectivity index (χ2n) is 6.57. The molecule has 0 N–H and O–H groups in total. The maximum Gasteiger partial charge on any atom is 0.307 e. The van der Waals surface area contributed by atoms with Crippen molar-refractivity contribution in [2.24, 2.45) is 0 Å². The maximum absolute atomic E-state index is 12.8. The zero-order chi connectivity index (χ0) is 22.3. The summed E-state index contributed by atoms with van der Waals surface area (Å²) in [5, 5.41) is 0. The molecule has 0 atom stereocenters. The van der Waals surface area contributed by atoms with Crippen LogP contribution in [0, 0.1) is 0 Å². The number of thioether (sulfide) groups is 1. The lowest BCUT2D eigenvalue weighted by Crippen LogP contribution is -2.31. The van der Waals surface area contributed by atoms with Crippen molar-refractivity contribution in [3.05, 3.63) is 22.6 Å². The van der Waals surface area contributed by atoms with E-state index in [4.69, 9.17) is 31.2 Å². The van der Waals surface area contributed by atoms with Crippen LogP contribution >= 0.6 is 24.0 Å². The molecule has 30 heavy (non-hydrogen) atoms. The summed E-state index contributed by atoms with van der Waals surface area (Å²) in [6, 6.07) is 3.49. The van der Waals surface area contributed by atoms with Gasteiger partial charge in [0.05, 0.1) is 32.7 Å². The Morgan fingerprint density at radius 2 is 1.80 bits per heavy atom. The molecule has 1 amide bonds. The van der Waals surface area contributed by atoms with Crippen LogP contribution in [0.25, 0.3) is 6.08 Å². The minimum atomic E-state index is -0.362. The molecule has 10 heteroatoms. The average molecular weight is 455 g/mol. The van der Waals surface area contributed by atoms with Crippen LogP contribution in [0.3, 0.4) is 0 Å². The van der Waals surface area contributed by atoms with Gasteiger partial charge in [0, 0.05) is 13.1 Å². The van der Waals surface area contributed by atoms with E-state index in [1.54, 1.807) is 18.2 Å². The summed E-state index contributed by atoms with van der Waals surface area (Å²) in [7, 11) is 8.37. The Morgan fingerprint density at radius 3 is 2.33 bits per heavy atom. The van der Waals surface area contributed by atoms with Gasteiger partial charge in [0.15, 0.2) is 11.5 Å². The topological polar surface area (TPSA) is 77.5 Å². The quantitative estimate of drug-likeness (QED) is 0.301. The van der Waals surface area contributed by atoms with Crippen LogP contribution in [0.5, 0.6) is 17.2 Å². The Bertz CT molecular complexity index is 816. The number of hydrogen-bond acceptors (Lipinski definition) is 9. The minimum Gasteiger partial charge on any atom is -0.493 e. The third-order valence-electron chi connectivity index (χ3n) is 4.20. The molecule has 0 radical (unpaired) electrons. The van der Waals surface area contributed by atoms with E-state index in [1.165, 1.54) is 38.0 Å². The minimum absolute atomic E-state index is 0.0807. The van der Waals surface area contributed by atoms with E-state index in [0.717, 1.165) is 0 Å². The molecule has 0 aromatic heterocycles. The number of nitrogens with zero attached hydrogens (tertiary/aromatic N) is 2. The van der Waals surface area contributed by atoms with Crippen molar-refractivity contribution in [2.45, 2.75) is 6.42 Å². The van der Waals surface area contributed by atoms with Crippen LogP contribution in [0.1, 0.15) is 12.0 Å². The number of ether oxygens (including phenoxy) is 4. The standard InChI is InChI=1S/C20H26N2O6S2/c1-21(2)8-9-28-17(23)6-7-22-19(24)16(30-20(22)29)12-13-10-14(25-3)18(27-5)15(11-13)26-4/h10-12H,6-9H2,1-5H3/b16-12+. The summed E-state index contributed by atoms with van der Waals surface area (Å²) in [5.74, 6) is 0.829. The Labute approximate surface area is 186 Å². The molecule has 1 saturated heterocycles. The van der Waals surface area contributed by atoms with Crippen LogP contribution in [0.15, 0.2) is 17.0 Å². The molecule has 1 heterocycles. The van der Waals surface area contributed by atoms with Crippen molar-refractivity contribution in [2.75, 3.05) is 55.1 Å². The summed E-state index contributed by atoms with van der Waals surface area (Å²) >= 11 is 6.50. The maximum atomic E-state index is 12.8. The summed E-state index contributed by atoms with van der Waals surface area (Å²) in [6.07, 6.45) is 1.79. The second-order valence-corrected chi connectivity index (χ2v) is 8.24. The highest BCUT2D eigenvalue weighted by Gasteiger charge is 2.32. The van der Waals surface area contributed by atoms with Crippen LogP contribution in [0.4, 0.5) is 0 Å². The Kier molecular flexibility index (Phi) is 8.94. The van der Waals surface area contributed by atoms with Crippen LogP contribution < -0.4 is 14.2 Å². The van der Waals surface area contributed by atoms with Crippen molar-refractivity contribution in [3.8, 4) is 17.2 Å². The van der Waals surface area contributed by atoms with Gasteiger partial charge in [0.1, 0.15) is 10.9 Å². The molecule has 0 aliphatic carbocycles. The molecule has 164 valence electrons. The molecule has 1 aliphatic rings. The number of rotatable bonds is 10. The van der Waals surface area contributed by atoms with Gasteiger partial charge in [-0.1, -0.05) is 24.0 Å². The van der Waals surface area contributed by atoms with Crippen molar-refractivity contribution in [3.63, 3.8) is 0 Å². The van der Waals surface area contributed by atoms with Gasteiger partial charge < -0.3 is 23.8 Å². The van der Waals surface area contributed by atoms with E-state index in [1.807, 2.05) is 19.0 Å². The zero-order valence-corrected chi connectivity index (χ0v) is 19.4. The third kappa shape index (κ3) is 6.10. The number of methoxy groups -OCH3 is 3. The molecule has 1 fully saturated rings. The number of likely N-dealkylation sites (N-methyl/N-ethyl adjacent to an activating group) is 1. The Balaban J connectivity index is 2.09. The van der Waals surface area contributed by atoms with Crippen LogP contribution in [0.2, 0.25) is 0 Å². The molecule has 1 aromatic carbocycles. The molecule has 0 bridgehead atoms.